The van der Waals surface area contributed by atoms with Crippen LogP contribution in [-0.2, 0) is 6.18 Å². The molecule has 0 fully saturated rings. The van der Waals surface area contributed by atoms with Crippen LogP contribution in [0.2, 0.25) is 0 Å². The molecule has 108 valence electrons. The molecule has 5 heteroatoms. The van der Waals surface area contributed by atoms with Crippen LogP contribution in [0.1, 0.15) is 36.3 Å². The number of hydrogen-bond acceptors (Lipinski definition) is 2. The van der Waals surface area contributed by atoms with Gasteiger partial charge in [0, 0.05) is 5.56 Å². The molecule has 1 unspecified atom stereocenters. The Hall–Kier alpha value is -1.75. The van der Waals surface area contributed by atoms with E-state index in [-0.39, 0.29) is 11.6 Å². The molecule has 0 saturated carbocycles. The van der Waals surface area contributed by atoms with Gasteiger partial charge in [0.2, 0.25) is 0 Å². The maximum atomic E-state index is 12.9. The lowest BCUT2D eigenvalue weighted by Crippen LogP contribution is -2.07. The van der Waals surface area contributed by atoms with Crippen molar-refractivity contribution in [3.8, 4) is 11.3 Å². The van der Waals surface area contributed by atoms with Gasteiger partial charge in [-0.1, -0.05) is 19.1 Å². The Balaban J connectivity index is 2.41. The van der Waals surface area contributed by atoms with E-state index in [9.17, 15) is 13.2 Å². The van der Waals surface area contributed by atoms with E-state index in [0.29, 0.717) is 23.5 Å². The van der Waals surface area contributed by atoms with Gasteiger partial charge in [0.05, 0.1) is 11.6 Å². The van der Waals surface area contributed by atoms with E-state index in [4.69, 9.17) is 10.2 Å². The van der Waals surface area contributed by atoms with Crippen molar-refractivity contribution >= 4 is 0 Å². The minimum absolute atomic E-state index is 0.193. The normalized spacial score (nSPS) is 13.5. The molecule has 2 nitrogen and oxygen atoms in total. The second-order valence-corrected chi connectivity index (χ2v) is 4.74. The largest absolute Gasteiger partial charge is 0.459 e. The summed E-state index contributed by atoms with van der Waals surface area (Å²) < 4.78 is 44.2. The van der Waals surface area contributed by atoms with Crippen molar-refractivity contribution in [2.75, 3.05) is 0 Å². The topological polar surface area (TPSA) is 39.2 Å². The van der Waals surface area contributed by atoms with E-state index >= 15 is 0 Å². The van der Waals surface area contributed by atoms with Gasteiger partial charge in [-0.3, -0.25) is 0 Å². The smallest absolute Gasteiger partial charge is 0.416 e. The molecule has 0 saturated heterocycles. The van der Waals surface area contributed by atoms with Crippen LogP contribution in [0.3, 0.4) is 0 Å². The third kappa shape index (κ3) is 2.88. The van der Waals surface area contributed by atoms with Crippen LogP contribution in [0.15, 0.2) is 34.7 Å². The van der Waals surface area contributed by atoms with Crippen LogP contribution in [0.25, 0.3) is 11.3 Å². The number of nitrogens with two attached hydrogens (primary N) is 1. The van der Waals surface area contributed by atoms with Gasteiger partial charge in [-0.05, 0) is 37.1 Å². The molecule has 1 aromatic carbocycles. The zero-order valence-electron chi connectivity index (χ0n) is 11.3. The molecule has 1 heterocycles. The first kappa shape index (κ1) is 14.7. The zero-order valence-corrected chi connectivity index (χ0v) is 11.3. The predicted octanol–water partition coefficient (Wildman–Crippen LogP) is 4.68. The number of furan rings is 1. The number of hydrogen-bond donors (Lipinski definition) is 1. The van der Waals surface area contributed by atoms with E-state index < -0.39 is 11.7 Å². The van der Waals surface area contributed by atoms with Crippen LogP contribution in [0.5, 0.6) is 0 Å². The number of benzene rings is 1. The third-order valence-electron chi connectivity index (χ3n) is 3.26. The van der Waals surface area contributed by atoms with Gasteiger partial charge < -0.3 is 10.2 Å². The van der Waals surface area contributed by atoms with Crippen LogP contribution in [-0.4, -0.2) is 0 Å². The van der Waals surface area contributed by atoms with Crippen LogP contribution in [0.4, 0.5) is 13.2 Å². The molecule has 1 atom stereocenters. The Bertz CT molecular complexity index is 601. The number of halogens is 3. The Morgan fingerprint density at radius 1 is 1.20 bits per heavy atom. The summed E-state index contributed by atoms with van der Waals surface area (Å²) in [4.78, 5) is 0. The van der Waals surface area contributed by atoms with Gasteiger partial charge in [0.25, 0.3) is 0 Å². The highest BCUT2D eigenvalue weighted by atomic mass is 19.4. The van der Waals surface area contributed by atoms with E-state index in [1.807, 2.05) is 6.92 Å². The molecule has 0 aliphatic heterocycles. The molecule has 2 N–H and O–H groups in total. The van der Waals surface area contributed by atoms with E-state index in [0.717, 1.165) is 6.07 Å². The molecule has 1 aromatic heterocycles. The molecule has 2 rings (SSSR count). The van der Waals surface area contributed by atoms with E-state index in [2.05, 4.69) is 0 Å². The Kier molecular flexibility index (Phi) is 3.90. The molecule has 0 aliphatic carbocycles. The Morgan fingerprint density at radius 3 is 2.50 bits per heavy atom. The second kappa shape index (κ2) is 5.32. The molecule has 0 bridgehead atoms. The molecule has 2 aromatic rings. The third-order valence-corrected chi connectivity index (χ3v) is 3.26. The first-order valence-electron chi connectivity index (χ1n) is 6.36. The van der Waals surface area contributed by atoms with Crippen LogP contribution >= 0.6 is 0 Å². The van der Waals surface area contributed by atoms with Gasteiger partial charge in [0.15, 0.2) is 0 Å². The van der Waals surface area contributed by atoms with Crippen molar-refractivity contribution < 1.29 is 17.6 Å². The fraction of sp³-hybridized carbons (Fsp3) is 0.333. The number of rotatable bonds is 3. The lowest BCUT2D eigenvalue weighted by atomic mass is 10.0. The Morgan fingerprint density at radius 2 is 1.90 bits per heavy atom. The molecular formula is C15H16F3NO. The predicted molar refractivity (Wildman–Crippen MR) is 71.1 cm³/mol. The van der Waals surface area contributed by atoms with Gasteiger partial charge in [-0.2, -0.15) is 13.2 Å². The monoisotopic (exact) mass is 283 g/mol. The van der Waals surface area contributed by atoms with E-state index in [1.165, 1.54) is 13.0 Å². The van der Waals surface area contributed by atoms with Crippen molar-refractivity contribution in [2.24, 2.45) is 5.73 Å². The average Bonchev–Trinajstić information content (AvgIpc) is 2.86. The first-order valence-corrected chi connectivity index (χ1v) is 6.36. The van der Waals surface area contributed by atoms with Gasteiger partial charge in [-0.25, -0.2) is 0 Å². The minimum Gasteiger partial charge on any atom is -0.459 e. The molecule has 0 spiro atoms. The fourth-order valence-electron chi connectivity index (χ4n) is 1.99. The molecular weight excluding hydrogens is 267 g/mol. The van der Waals surface area contributed by atoms with Crippen molar-refractivity contribution in [2.45, 2.75) is 32.5 Å². The molecule has 0 aliphatic rings. The van der Waals surface area contributed by atoms with E-state index in [1.54, 1.807) is 18.2 Å². The average molecular weight is 283 g/mol. The van der Waals surface area contributed by atoms with Crippen molar-refractivity contribution in [1.82, 2.24) is 0 Å². The Labute approximate surface area is 115 Å². The van der Waals surface area contributed by atoms with Gasteiger partial charge in [-0.15, -0.1) is 0 Å². The van der Waals surface area contributed by atoms with Gasteiger partial charge in [0.1, 0.15) is 11.5 Å². The summed E-state index contributed by atoms with van der Waals surface area (Å²) >= 11 is 0. The SMILES string of the molecule is CCC(N)c1ccc(-c2ccc(C)c(C(F)(F)F)c2)o1. The summed E-state index contributed by atoms with van der Waals surface area (Å²) in [5, 5.41) is 0. The van der Waals surface area contributed by atoms with Crippen LogP contribution < -0.4 is 5.73 Å². The van der Waals surface area contributed by atoms with Crippen molar-refractivity contribution in [3.63, 3.8) is 0 Å². The maximum Gasteiger partial charge on any atom is 0.416 e. The lowest BCUT2D eigenvalue weighted by Gasteiger charge is -2.11. The highest BCUT2D eigenvalue weighted by Crippen LogP contribution is 2.35. The quantitative estimate of drug-likeness (QED) is 0.888. The summed E-state index contributed by atoms with van der Waals surface area (Å²) in [6.07, 6.45) is -3.66. The number of aryl methyl sites for hydroxylation is 1. The minimum atomic E-state index is -4.37. The highest BCUT2D eigenvalue weighted by Gasteiger charge is 2.32. The zero-order chi connectivity index (χ0) is 14.9. The summed E-state index contributed by atoms with van der Waals surface area (Å²) in [5.41, 5.74) is 5.78. The summed E-state index contributed by atoms with van der Waals surface area (Å²) in [5.74, 6) is 0.978. The second-order valence-electron chi connectivity index (χ2n) is 4.74. The fourth-order valence-corrected chi connectivity index (χ4v) is 1.99. The van der Waals surface area contributed by atoms with Crippen LogP contribution in [0, 0.1) is 6.92 Å². The maximum absolute atomic E-state index is 12.9. The first-order chi connectivity index (χ1) is 9.32. The standard InChI is InChI=1S/C15H16F3NO/c1-3-12(19)14-7-6-13(20-14)10-5-4-9(2)11(8-10)15(16,17)18/h4-8,12H,3,19H2,1-2H3. The van der Waals surface area contributed by atoms with Crippen molar-refractivity contribution in [3.05, 3.63) is 47.2 Å². The highest BCUT2D eigenvalue weighted by molar-refractivity contribution is 5.60. The van der Waals surface area contributed by atoms with Gasteiger partial charge >= 0.3 is 6.18 Å². The van der Waals surface area contributed by atoms with Crippen molar-refractivity contribution in [1.29, 1.82) is 0 Å². The summed E-state index contributed by atoms with van der Waals surface area (Å²) in [7, 11) is 0. The number of alkyl halides is 3. The lowest BCUT2D eigenvalue weighted by molar-refractivity contribution is -0.138. The summed E-state index contributed by atoms with van der Waals surface area (Å²) in [6.45, 7) is 3.35. The molecule has 0 radical (unpaired) electrons. The summed E-state index contributed by atoms with van der Waals surface area (Å²) in [6, 6.07) is 7.28. The molecule has 20 heavy (non-hydrogen) atoms. The molecule has 0 amide bonds.